The van der Waals surface area contributed by atoms with Gasteiger partial charge in [0, 0.05) is 0 Å². The molecule has 1 aliphatic heterocycles. The third-order valence-electron chi connectivity index (χ3n) is 3.74. The number of benzene rings is 2. The van der Waals surface area contributed by atoms with Crippen LogP contribution >= 0.6 is 0 Å². The van der Waals surface area contributed by atoms with E-state index in [1.54, 1.807) is 0 Å². The maximum Gasteiger partial charge on any atom is 0.279 e. The molecule has 0 bridgehead atoms. The van der Waals surface area contributed by atoms with E-state index in [4.69, 9.17) is 9.47 Å². The minimum Gasteiger partial charge on any atom is -0.455 e. The lowest BCUT2D eigenvalue weighted by molar-refractivity contribution is -0.899. The van der Waals surface area contributed by atoms with Crippen LogP contribution in [0, 0.1) is 0 Å². The first kappa shape index (κ1) is 15.5. The van der Waals surface area contributed by atoms with Gasteiger partial charge in [-0.15, -0.1) is 0 Å². The number of quaternary nitrogens is 1. The predicted octanol–water partition coefficient (Wildman–Crippen LogP) is 1.33. The molecular formula is C18H21N2O3+. The zero-order valence-electron chi connectivity index (χ0n) is 13.0. The van der Waals surface area contributed by atoms with Crippen LogP contribution in [0.5, 0.6) is 11.5 Å². The van der Waals surface area contributed by atoms with Crippen LogP contribution in [-0.4, -0.2) is 38.8 Å². The Morgan fingerprint density at radius 1 is 1.04 bits per heavy atom. The number of morpholine rings is 1. The molecule has 3 rings (SSSR count). The first-order valence-corrected chi connectivity index (χ1v) is 7.84. The smallest absolute Gasteiger partial charge is 0.279 e. The molecule has 5 heteroatoms. The van der Waals surface area contributed by atoms with Crippen molar-refractivity contribution in [3.05, 3.63) is 54.6 Å². The Labute approximate surface area is 135 Å². The second kappa shape index (κ2) is 7.76. The molecule has 1 saturated heterocycles. The summed E-state index contributed by atoms with van der Waals surface area (Å²) in [5.41, 5.74) is 0.689. The maximum absolute atomic E-state index is 12.3. The number of nitrogens with one attached hydrogen (secondary N) is 2. The molecule has 0 aromatic heterocycles. The number of ether oxygens (including phenoxy) is 2. The second-order valence-corrected chi connectivity index (χ2v) is 5.50. The van der Waals surface area contributed by atoms with Crippen LogP contribution in [0.3, 0.4) is 0 Å². The fourth-order valence-electron chi connectivity index (χ4n) is 2.53. The summed E-state index contributed by atoms with van der Waals surface area (Å²) >= 11 is 0. The van der Waals surface area contributed by atoms with Crippen LogP contribution in [-0.2, 0) is 9.53 Å². The summed E-state index contributed by atoms with van der Waals surface area (Å²) in [6.45, 7) is 3.63. The molecule has 0 unspecified atom stereocenters. The first-order chi connectivity index (χ1) is 11.3. The summed E-state index contributed by atoms with van der Waals surface area (Å²) in [5.74, 6) is 1.38. The average molecular weight is 313 g/mol. The molecule has 23 heavy (non-hydrogen) atoms. The van der Waals surface area contributed by atoms with Gasteiger partial charge in [0.05, 0.1) is 18.9 Å². The largest absolute Gasteiger partial charge is 0.455 e. The lowest BCUT2D eigenvalue weighted by atomic mass is 10.2. The molecule has 5 nitrogen and oxygen atoms in total. The number of hydrogen-bond acceptors (Lipinski definition) is 3. The third kappa shape index (κ3) is 4.55. The molecule has 2 N–H and O–H groups in total. The van der Waals surface area contributed by atoms with E-state index >= 15 is 0 Å². The van der Waals surface area contributed by atoms with Gasteiger partial charge in [0.15, 0.2) is 12.3 Å². The molecule has 0 aliphatic carbocycles. The molecule has 1 aliphatic rings. The number of carbonyl (C=O) groups is 1. The van der Waals surface area contributed by atoms with E-state index in [-0.39, 0.29) is 5.91 Å². The Balaban J connectivity index is 1.64. The number of carbonyl (C=O) groups excluding carboxylic acids is 1. The van der Waals surface area contributed by atoms with E-state index in [2.05, 4.69) is 5.32 Å². The predicted molar refractivity (Wildman–Crippen MR) is 88.0 cm³/mol. The topological polar surface area (TPSA) is 52.0 Å². The zero-order valence-corrected chi connectivity index (χ0v) is 13.0. The zero-order chi connectivity index (χ0) is 15.9. The van der Waals surface area contributed by atoms with Gasteiger partial charge >= 0.3 is 0 Å². The summed E-state index contributed by atoms with van der Waals surface area (Å²) in [7, 11) is 0. The molecule has 0 spiro atoms. The second-order valence-electron chi connectivity index (χ2n) is 5.50. The molecule has 1 amide bonds. The minimum atomic E-state index is -0.00832. The Kier molecular flexibility index (Phi) is 5.24. The highest BCUT2D eigenvalue weighted by atomic mass is 16.5. The van der Waals surface area contributed by atoms with Crippen molar-refractivity contribution >= 4 is 11.6 Å². The van der Waals surface area contributed by atoms with E-state index in [0.717, 1.165) is 32.1 Å². The van der Waals surface area contributed by atoms with Gasteiger partial charge in [-0.25, -0.2) is 0 Å². The lowest BCUT2D eigenvalue weighted by Crippen LogP contribution is -3.15. The third-order valence-corrected chi connectivity index (χ3v) is 3.74. The van der Waals surface area contributed by atoms with Crippen LogP contribution in [0.2, 0.25) is 0 Å². The molecule has 1 heterocycles. The number of rotatable bonds is 5. The van der Waals surface area contributed by atoms with Crippen molar-refractivity contribution in [3.8, 4) is 11.5 Å². The van der Waals surface area contributed by atoms with Gasteiger partial charge in [0.2, 0.25) is 0 Å². The molecular weight excluding hydrogens is 292 g/mol. The van der Waals surface area contributed by atoms with E-state index in [0.29, 0.717) is 18.0 Å². The van der Waals surface area contributed by atoms with Crippen LogP contribution in [0.25, 0.3) is 0 Å². The molecule has 1 fully saturated rings. The van der Waals surface area contributed by atoms with Gasteiger partial charge in [-0.1, -0.05) is 30.3 Å². The lowest BCUT2D eigenvalue weighted by Gasteiger charge is -2.23. The molecule has 120 valence electrons. The van der Waals surface area contributed by atoms with Gasteiger partial charge < -0.3 is 19.7 Å². The van der Waals surface area contributed by atoms with Gasteiger partial charge in [-0.2, -0.15) is 0 Å². The fourth-order valence-corrected chi connectivity index (χ4v) is 2.53. The minimum absolute atomic E-state index is 0.00832. The quantitative estimate of drug-likeness (QED) is 0.876. The van der Waals surface area contributed by atoms with Crippen LogP contribution in [0.15, 0.2) is 54.6 Å². The van der Waals surface area contributed by atoms with Gasteiger partial charge in [0.25, 0.3) is 5.91 Å². The van der Waals surface area contributed by atoms with Gasteiger partial charge in [-0.05, 0) is 24.3 Å². The highest BCUT2D eigenvalue weighted by Gasteiger charge is 2.18. The summed E-state index contributed by atoms with van der Waals surface area (Å²) in [6, 6.07) is 17.0. The summed E-state index contributed by atoms with van der Waals surface area (Å²) in [6.07, 6.45) is 0. The Morgan fingerprint density at radius 2 is 1.74 bits per heavy atom. The van der Waals surface area contributed by atoms with Crippen molar-refractivity contribution in [3.63, 3.8) is 0 Å². The summed E-state index contributed by atoms with van der Waals surface area (Å²) < 4.78 is 11.2. The SMILES string of the molecule is O=C(C[NH+]1CCOCC1)Nc1ccccc1Oc1ccccc1. The van der Waals surface area contributed by atoms with Crippen LogP contribution in [0.4, 0.5) is 5.69 Å². The monoisotopic (exact) mass is 313 g/mol. The van der Waals surface area contributed by atoms with Crippen molar-refractivity contribution in [2.45, 2.75) is 0 Å². The maximum atomic E-state index is 12.3. The van der Waals surface area contributed by atoms with E-state index in [1.165, 1.54) is 4.90 Å². The Morgan fingerprint density at radius 3 is 2.52 bits per heavy atom. The number of anilines is 1. The van der Waals surface area contributed by atoms with Crippen molar-refractivity contribution in [1.29, 1.82) is 0 Å². The van der Waals surface area contributed by atoms with Crippen molar-refractivity contribution in [2.75, 3.05) is 38.2 Å². The summed E-state index contributed by atoms with van der Waals surface area (Å²) in [5, 5.41) is 2.95. The van der Waals surface area contributed by atoms with E-state index in [1.807, 2.05) is 54.6 Å². The number of hydrogen-bond donors (Lipinski definition) is 2. The fraction of sp³-hybridized carbons (Fsp3) is 0.278. The van der Waals surface area contributed by atoms with Gasteiger partial charge in [-0.3, -0.25) is 4.79 Å². The standard InChI is InChI=1S/C18H20N2O3/c21-18(14-20-10-12-22-13-11-20)19-16-8-4-5-9-17(16)23-15-6-2-1-3-7-15/h1-9H,10-14H2,(H,19,21)/p+1. The highest BCUT2D eigenvalue weighted by molar-refractivity contribution is 5.93. The van der Waals surface area contributed by atoms with E-state index < -0.39 is 0 Å². The number of amides is 1. The normalized spacial score (nSPS) is 15.1. The van der Waals surface area contributed by atoms with Crippen LogP contribution in [0.1, 0.15) is 0 Å². The van der Waals surface area contributed by atoms with Crippen molar-refractivity contribution in [1.82, 2.24) is 0 Å². The van der Waals surface area contributed by atoms with Crippen molar-refractivity contribution in [2.24, 2.45) is 0 Å². The molecule has 0 saturated carbocycles. The van der Waals surface area contributed by atoms with Crippen LogP contribution < -0.4 is 15.0 Å². The highest BCUT2D eigenvalue weighted by Crippen LogP contribution is 2.28. The Bertz CT molecular complexity index is 640. The molecule has 0 radical (unpaired) electrons. The van der Waals surface area contributed by atoms with Crippen molar-refractivity contribution < 1.29 is 19.2 Å². The van der Waals surface area contributed by atoms with Gasteiger partial charge in [0.1, 0.15) is 18.8 Å². The molecule has 2 aromatic carbocycles. The Hall–Kier alpha value is -2.37. The number of para-hydroxylation sites is 3. The summed E-state index contributed by atoms with van der Waals surface area (Å²) in [4.78, 5) is 13.5. The molecule has 2 aromatic rings. The average Bonchev–Trinajstić information content (AvgIpc) is 2.58. The first-order valence-electron chi connectivity index (χ1n) is 7.84. The molecule has 0 atom stereocenters. The van der Waals surface area contributed by atoms with E-state index in [9.17, 15) is 4.79 Å².